The fourth-order valence-corrected chi connectivity index (χ4v) is 1.86. The Bertz CT molecular complexity index is 350. The average Bonchev–Trinajstić information content (AvgIpc) is 2.23. The van der Waals surface area contributed by atoms with Crippen molar-refractivity contribution in [1.29, 1.82) is 0 Å². The highest BCUT2D eigenvalue weighted by atomic mass is 16.4. The number of benzene rings is 1. The van der Waals surface area contributed by atoms with Gasteiger partial charge in [0.1, 0.15) is 0 Å². The van der Waals surface area contributed by atoms with E-state index in [-0.39, 0.29) is 12.3 Å². The van der Waals surface area contributed by atoms with E-state index in [0.29, 0.717) is 5.69 Å². The maximum Gasteiger partial charge on any atom is 0.303 e. The Morgan fingerprint density at radius 2 is 2.25 bits per heavy atom. The van der Waals surface area contributed by atoms with E-state index in [1.807, 2.05) is 24.3 Å². The van der Waals surface area contributed by atoms with Gasteiger partial charge < -0.3 is 10.8 Å². The minimum absolute atomic E-state index is 0.0842. The van der Waals surface area contributed by atoms with Crippen molar-refractivity contribution < 1.29 is 9.90 Å². The Kier molecular flexibility index (Phi) is 4.83. The first-order chi connectivity index (χ1) is 7.63. The molecule has 1 aromatic carbocycles. The normalized spacial score (nSPS) is 12.3. The monoisotopic (exact) mass is 221 g/mol. The number of carboxylic acid groups (broad SMARTS) is 1. The van der Waals surface area contributed by atoms with Crippen LogP contribution >= 0.6 is 0 Å². The fraction of sp³-hybridized carbons (Fsp3) is 0.462. The molecule has 16 heavy (non-hydrogen) atoms. The zero-order chi connectivity index (χ0) is 12.0. The Labute approximate surface area is 96.3 Å². The van der Waals surface area contributed by atoms with Gasteiger partial charge in [0, 0.05) is 5.69 Å². The van der Waals surface area contributed by atoms with Crippen LogP contribution in [0.1, 0.15) is 44.1 Å². The summed E-state index contributed by atoms with van der Waals surface area (Å²) < 4.78 is 0. The number of nitrogen functional groups attached to an aromatic ring is 1. The van der Waals surface area contributed by atoms with E-state index < -0.39 is 5.97 Å². The van der Waals surface area contributed by atoms with Crippen molar-refractivity contribution in [2.45, 2.75) is 38.5 Å². The van der Waals surface area contributed by atoms with E-state index in [1.165, 1.54) is 0 Å². The molecule has 0 spiro atoms. The number of hydrogen-bond acceptors (Lipinski definition) is 2. The largest absolute Gasteiger partial charge is 0.481 e. The number of anilines is 1. The molecule has 3 nitrogen and oxygen atoms in total. The molecule has 3 heteroatoms. The van der Waals surface area contributed by atoms with Gasteiger partial charge in [-0.05, 0) is 30.0 Å². The van der Waals surface area contributed by atoms with Crippen molar-refractivity contribution in [3.05, 3.63) is 29.8 Å². The molecule has 0 heterocycles. The number of unbranched alkanes of at least 4 members (excludes halogenated alkanes) is 1. The summed E-state index contributed by atoms with van der Waals surface area (Å²) in [4.78, 5) is 10.8. The van der Waals surface area contributed by atoms with Crippen molar-refractivity contribution >= 4 is 11.7 Å². The molecule has 0 amide bonds. The van der Waals surface area contributed by atoms with Crippen LogP contribution in [-0.4, -0.2) is 11.1 Å². The van der Waals surface area contributed by atoms with E-state index in [0.717, 1.165) is 24.8 Å². The van der Waals surface area contributed by atoms with Gasteiger partial charge in [-0.1, -0.05) is 31.9 Å². The molecule has 0 fully saturated rings. The second-order valence-corrected chi connectivity index (χ2v) is 4.11. The number of rotatable bonds is 6. The van der Waals surface area contributed by atoms with Crippen LogP contribution in [-0.2, 0) is 4.79 Å². The van der Waals surface area contributed by atoms with E-state index in [2.05, 4.69) is 6.92 Å². The van der Waals surface area contributed by atoms with E-state index in [4.69, 9.17) is 10.8 Å². The molecule has 0 saturated heterocycles. The summed E-state index contributed by atoms with van der Waals surface area (Å²) in [5, 5.41) is 8.88. The number of carboxylic acids is 1. The molecule has 1 rings (SSSR count). The van der Waals surface area contributed by atoms with E-state index >= 15 is 0 Å². The van der Waals surface area contributed by atoms with Crippen molar-refractivity contribution in [2.75, 3.05) is 5.73 Å². The standard InChI is InChI=1S/C13H19NO2/c1-2-3-5-11(9-13(15)16)10-6-4-7-12(14)8-10/h4,6-8,11H,2-3,5,9,14H2,1H3,(H,15,16). The lowest BCUT2D eigenvalue weighted by Gasteiger charge is -2.15. The molecule has 0 saturated carbocycles. The zero-order valence-electron chi connectivity index (χ0n) is 9.65. The first kappa shape index (κ1) is 12.6. The van der Waals surface area contributed by atoms with E-state index in [9.17, 15) is 4.79 Å². The first-order valence-electron chi connectivity index (χ1n) is 5.70. The van der Waals surface area contributed by atoms with Crippen LogP contribution in [0.3, 0.4) is 0 Å². The van der Waals surface area contributed by atoms with Crippen LogP contribution in [0.4, 0.5) is 5.69 Å². The number of nitrogens with two attached hydrogens (primary N) is 1. The molecule has 0 aliphatic heterocycles. The predicted octanol–water partition coefficient (Wildman–Crippen LogP) is 3.02. The zero-order valence-corrected chi connectivity index (χ0v) is 9.65. The Morgan fingerprint density at radius 1 is 1.50 bits per heavy atom. The average molecular weight is 221 g/mol. The third-order valence-electron chi connectivity index (χ3n) is 2.71. The van der Waals surface area contributed by atoms with Crippen LogP contribution in [0, 0.1) is 0 Å². The summed E-state index contributed by atoms with van der Waals surface area (Å²) in [5.41, 5.74) is 7.44. The van der Waals surface area contributed by atoms with Gasteiger partial charge >= 0.3 is 5.97 Å². The first-order valence-corrected chi connectivity index (χ1v) is 5.70. The maximum absolute atomic E-state index is 10.8. The van der Waals surface area contributed by atoms with Crippen molar-refractivity contribution in [3.63, 3.8) is 0 Å². The Balaban J connectivity index is 2.78. The van der Waals surface area contributed by atoms with Gasteiger partial charge in [0.15, 0.2) is 0 Å². The minimum atomic E-state index is -0.747. The molecular weight excluding hydrogens is 202 g/mol. The summed E-state index contributed by atoms with van der Waals surface area (Å²) in [6.07, 6.45) is 3.22. The highest BCUT2D eigenvalue weighted by molar-refractivity contribution is 5.68. The lowest BCUT2D eigenvalue weighted by atomic mass is 9.90. The van der Waals surface area contributed by atoms with Gasteiger partial charge in [-0.3, -0.25) is 4.79 Å². The predicted molar refractivity (Wildman–Crippen MR) is 65.4 cm³/mol. The summed E-state index contributed by atoms with van der Waals surface area (Å²) in [6, 6.07) is 7.54. The lowest BCUT2D eigenvalue weighted by Crippen LogP contribution is -2.07. The molecule has 3 N–H and O–H groups in total. The van der Waals surface area contributed by atoms with Gasteiger partial charge in [0.2, 0.25) is 0 Å². The SMILES string of the molecule is CCCCC(CC(=O)O)c1cccc(N)c1. The molecule has 0 aromatic heterocycles. The topological polar surface area (TPSA) is 63.3 Å². The number of carbonyl (C=O) groups is 1. The van der Waals surface area contributed by atoms with Crippen LogP contribution in [0.25, 0.3) is 0 Å². The van der Waals surface area contributed by atoms with Crippen LogP contribution in [0.2, 0.25) is 0 Å². The summed E-state index contributed by atoms with van der Waals surface area (Å²) in [5.74, 6) is -0.663. The van der Waals surface area contributed by atoms with Gasteiger partial charge in [-0.25, -0.2) is 0 Å². The van der Waals surface area contributed by atoms with Gasteiger partial charge in [0.25, 0.3) is 0 Å². The van der Waals surface area contributed by atoms with Gasteiger partial charge in [-0.15, -0.1) is 0 Å². The second kappa shape index (κ2) is 6.16. The molecule has 0 radical (unpaired) electrons. The van der Waals surface area contributed by atoms with Crippen LogP contribution < -0.4 is 5.73 Å². The molecule has 88 valence electrons. The highest BCUT2D eigenvalue weighted by Gasteiger charge is 2.15. The number of aliphatic carboxylic acids is 1. The smallest absolute Gasteiger partial charge is 0.303 e. The Morgan fingerprint density at radius 3 is 2.81 bits per heavy atom. The van der Waals surface area contributed by atoms with Crippen LogP contribution in [0.5, 0.6) is 0 Å². The maximum atomic E-state index is 10.8. The summed E-state index contributed by atoms with van der Waals surface area (Å²) >= 11 is 0. The van der Waals surface area contributed by atoms with E-state index in [1.54, 1.807) is 0 Å². The molecule has 0 aliphatic rings. The Hall–Kier alpha value is -1.51. The third kappa shape index (κ3) is 3.93. The van der Waals surface area contributed by atoms with Gasteiger partial charge in [-0.2, -0.15) is 0 Å². The minimum Gasteiger partial charge on any atom is -0.481 e. The lowest BCUT2D eigenvalue weighted by molar-refractivity contribution is -0.137. The number of hydrogen-bond donors (Lipinski definition) is 2. The molecule has 0 bridgehead atoms. The third-order valence-corrected chi connectivity index (χ3v) is 2.71. The van der Waals surface area contributed by atoms with Crippen molar-refractivity contribution in [2.24, 2.45) is 0 Å². The summed E-state index contributed by atoms with van der Waals surface area (Å²) in [6.45, 7) is 2.11. The molecule has 1 aromatic rings. The van der Waals surface area contributed by atoms with Crippen molar-refractivity contribution in [3.8, 4) is 0 Å². The molecule has 0 aliphatic carbocycles. The fourth-order valence-electron chi connectivity index (χ4n) is 1.86. The molecule has 1 unspecified atom stereocenters. The quantitative estimate of drug-likeness (QED) is 0.726. The van der Waals surface area contributed by atoms with Crippen LogP contribution in [0.15, 0.2) is 24.3 Å². The molecule has 1 atom stereocenters. The van der Waals surface area contributed by atoms with Gasteiger partial charge in [0.05, 0.1) is 6.42 Å². The summed E-state index contributed by atoms with van der Waals surface area (Å²) in [7, 11) is 0. The van der Waals surface area contributed by atoms with Crippen molar-refractivity contribution in [1.82, 2.24) is 0 Å². The molecular formula is C13H19NO2. The highest BCUT2D eigenvalue weighted by Crippen LogP contribution is 2.26. The second-order valence-electron chi connectivity index (χ2n) is 4.11.